The molecule has 1 aromatic heterocycles. The fraction of sp³-hybridized carbons (Fsp3) is 0.324. The SMILES string of the molecule is CC.CCN1c2cc3oc(=O)c4c(-c5ccccc5C(=O)O)c5ccc(=[N+](CC)CC)cc-5oc4c3cc2C(C)=CC1(C)C. The van der Waals surface area contributed by atoms with Crippen molar-refractivity contribution < 1.29 is 18.7 Å². The molecule has 2 aromatic carbocycles. The first kappa shape index (κ1) is 30.8. The summed E-state index contributed by atoms with van der Waals surface area (Å²) in [6, 6.07) is 16.6. The average Bonchev–Trinajstić information content (AvgIpc) is 3.01. The minimum Gasteiger partial charge on any atom is -0.478 e. The normalized spacial score (nSPS) is 13.8. The van der Waals surface area contributed by atoms with Crippen LogP contribution in [0.25, 0.3) is 50.0 Å². The highest BCUT2D eigenvalue weighted by Gasteiger charge is 2.32. The van der Waals surface area contributed by atoms with Gasteiger partial charge in [-0.25, -0.2) is 14.2 Å². The maximum absolute atomic E-state index is 13.9. The maximum atomic E-state index is 13.9. The Balaban J connectivity index is 0.00000188. The predicted octanol–water partition coefficient (Wildman–Crippen LogP) is 7.87. The van der Waals surface area contributed by atoms with Crippen molar-refractivity contribution in [2.24, 2.45) is 0 Å². The monoisotopic (exact) mass is 593 g/mol. The summed E-state index contributed by atoms with van der Waals surface area (Å²) in [4.78, 5) is 28.5. The van der Waals surface area contributed by atoms with E-state index in [0.29, 0.717) is 39.0 Å². The largest absolute Gasteiger partial charge is 0.478 e. The van der Waals surface area contributed by atoms with Crippen LogP contribution in [0, 0.1) is 0 Å². The van der Waals surface area contributed by atoms with Crippen molar-refractivity contribution in [1.29, 1.82) is 0 Å². The Kier molecular flexibility index (Phi) is 8.25. The van der Waals surface area contributed by atoms with E-state index in [1.54, 1.807) is 24.3 Å². The molecule has 0 unspecified atom stereocenters. The Bertz CT molecular complexity index is 2040. The summed E-state index contributed by atoms with van der Waals surface area (Å²) in [5, 5.41) is 12.0. The highest BCUT2D eigenvalue weighted by Crippen LogP contribution is 2.45. The Hall–Kier alpha value is -4.65. The minimum atomic E-state index is -1.07. The lowest BCUT2D eigenvalue weighted by atomic mass is 9.87. The summed E-state index contributed by atoms with van der Waals surface area (Å²) in [7, 11) is 0. The third kappa shape index (κ3) is 4.90. The number of hydrogen-bond acceptors (Lipinski definition) is 5. The summed E-state index contributed by atoms with van der Waals surface area (Å²) in [6.07, 6.45) is 2.25. The van der Waals surface area contributed by atoms with Gasteiger partial charge < -0.3 is 18.8 Å². The van der Waals surface area contributed by atoms with Crippen molar-refractivity contribution in [2.75, 3.05) is 24.5 Å². The van der Waals surface area contributed by atoms with Crippen LogP contribution >= 0.6 is 0 Å². The van der Waals surface area contributed by atoms with E-state index in [4.69, 9.17) is 8.83 Å². The second-order valence-electron chi connectivity index (χ2n) is 11.4. The third-order valence-electron chi connectivity index (χ3n) is 8.53. The first-order valence-electron chi connectivity index (χ1n) is 15.5. The molecular formula is C37H41N2O5+. The molecule has 228 valence electrons. The van der Waals surface area contributed by atoms with Crippen LogP contribution in [0.1, 0.15) is 71.3 Å². The molecule has 7 heteroatoms. The average molecular weight is 594 g/mol. The number of carboxylic acids is 1. The Morgan fingerprint density at radius 3 is 2.30 bits per heavy atom. The van der Waals surface area contributed by atoms with Gasteiger partial charge >= 0.3 is 11.6 Å². The molecule has 6 rings (SSSR count). The van der Waals surface area contributed by atoms with Crippen LogP contribution in [-0.2, 0) is 0 Å². The van der Waals surface area contributed by atoms with Crippen LogP contribution in [-0.4, -0.2) is 36.2 Å². The zero-order valence-corrected chi connectivity index (χ0v) is 26.9. The van der Waals surface area contributed by atoms with Gasteiger partial charge in [-0.15, -0.1) is 0 Å². The third-order valence-corrected chi connectivity index (χ3v) is 8.53. The van der Waals surface area contributed by atoms with Gasteiger partial charge in [0, 0.05) is 41.1 Å². The number of nitrogens with zero attached hydrogens (tertiary/aromatic N) is 2. The molecule has 0 saturated carbocycles. The molecule has 0 spiro atoms. The van der Waals surface area contributed by atoms with E-state index in [-0.39, 0.29) is 16.5 Å². The zero-order valence-electron chi connectivity index (χ0n) is 26.9. The van der Waals surface area contributed by atoms with Gasteiger partial charge in [0.05, 0.1) is 22.6 Å². The summed E-state index contributed by atoms with van der Waals surface area (Å²) in [5.41, 5.74) is 4.87. The summed E-state index contributed by atoms with van der Waals surface area (Å²) >= 11 is 0. The van der Waals surface area contributed by atoms with E-state index in [0.717, 1.165) is 41.8 Å². The molecule has 3 aromatic rings. The first-order valence-corrected chi connectivity index (χ1v) is 15.5. The summed E-state index contributed by atoms with van der Waals surface area (Å²) in [5.74, 6) is -0.509. The topological polar surface area (TPSA) is 86.9 Å². The van der Waals surface area contributed by atoms with Gasteiger partial charge in [0.15, 0.2) is 5.58 Å². The number of fused-ring (bicyclic) bond motifs is 5. The van der Waals surface area contributed by atoms with Gasteiger partial charge in [0.25, 0.3) is 0 Å². The van der Waals surface area contributed by atoms with E-state index >= 15 is 0 Å². The molecule has 0 atom stereocenters. The lowest BCUT2D eigenvalue weighted by Crippen LogP contribution is -2.44. The van der Waals surface area contributed by atoms with Gasteiger partial charge in [-0.2, -0.15) is 0 Å². The highest BCUT2D eigenvalue weighted by atomic mass is 16.4. The first-order chi connectivity index (χ1) is 21.1. The molecule has 0 radical (unpaired) electrons. The van der Waals surface area contributed by atoms with Gasteiger partial charge in [0.1, 0.15) is 29.8 Å². The number of carboxylic acid groups (broad SMARTS) is 1. The van der Waals surface area contributed by atoms with E-state index in [1.807, 2.05) is 44.2 Å². The van der Waals surface area contributed by atoms with Crippen molar-refractivity contribution in [2.45, 2.75) is 60.9 Å². The zero-order chi connectivity index (χ0) is 31.9. The minimum absolute atomic E-state index is 0.101. The molecule has 1 aliphatic carbocycles. The predicted molar refractivity (Wildman–Crippen MR) is 180 cm³/mol. The number of rotatable bonds is 5. The van der Waals surface area contributed by atoms with E-state index in [2.05, 4.69) is 57.1 Å². The highest BCUT2D eigenvalue weighted by molar-refractivity contribution is 6.13. The standard InChI is InChI=1S/C35H34N2O5.C2H6/c1-7-36(8-2)21-14-15-24-28(16-21)41-32-26-17-25-20(4)19-35(5,6)37(9-3)27(25)18-29(26)42-34(40)31(32)30(24)22-12-10-11-13-23(22)33(38)39;1-2/h10-19H,7-9H2,1-6H3;1-2H3/p+1. The molecule has 3 aliphatic rings. The molecule has 7 nitrogen and oxygen atoms in total. The number of likely N-dealkylation sites (N-methyl/N-ethyl adjacent to an activating group) is 1. The van der Waals surface area contributed by atoms with Crippen molar-refractivity contribution in [3.05, 3.63) is 87.6 Å². The van der Waals surface area contributed by atoms with Crippen molar-refractivity contribution in [3.63, 3.8) is 0 Å². The molecular weight excluding hydrogens is 552 g/mol. The Morgan fingerprint density at radius 1 is 0.932 bits per heavy atom. The molecule has 0 fully saturated rings. The van der Waals surface area contributed by atoms with Crippen LogP contribution in [0.15, 0.2) is 74.3 Å². The van der Waals surface area contributed by atoms with Crippen LogP contribution in [0.5, 0.6) is 0 Å². The smallest absolute Gasteiger partial charge is 0.348 e. The van der Waals surface area contributed by atoms with Crippen LogP contribution in [0.4, 0.5) is 5.69 Å². The quantitative estimate of drug-likeness (QED) is 0.0966. The van der Waals surface area contributed by atoms with Crippen LogP contribution < -0.4 is 20.5 Å². The van der Waals surface area contributed by atoms with Gasteiger partial charge in [-0.05, 0) is 70.9 Å². The fourth-order valence-electron chi connectivity index (χ4n) is 6.64. The Morgan fingerprint density at radius 2 is 1.64 bits per heavy atom. The van der Waals surface area contributed by atoms with Gasteiger partial charge in [-0.1, -0.05) is 38.1 Å². The number of aromatic carboxylic acids is 1. The molecule has 0 saturated heterocycles. The molecule has 3 heterocycles. The van der Waals surface area contributed by atoms with Gasteiger partial charge in [0.2, 0.25) is 5.36 Å². The van der Waals surface area contributed by atoms with Crippen LogP contribution in [0.2, 0.25) is 0 Å². The maximum Gasteiger partial charge on any atom is 0.348 e. The number of benzene rings is 3. The van der Waals surface area contributed by atoms with E-state index in [9.17, 15) is 14.7 Å². The molecule has 44 heavy (non-hydrogen) atoms. The number of hydrogen-bond donors (Lipinski definition) is 1. The van der Waals surface area contributed by atoms with Gasteiger partial charge in [-0.3, -0.25) is 0 Å². The number of carbonyl (C=O) groups is 1. The lowest BCUT2D eigenvalue weighted by Gasteiger charge is -2.42. The van der Waals surface area contributed by atoms with Crippen molar-refractivity contribution in [3.8, 4) is 22.5 Å². The fourth-order valence-corrected chi connectivity index (χ4v) is 6.64. The molecule has 0 bridgehead atoms. The second kappa shape index (κ2) is 11.8. The number of allylic oxidation sites excluding steroid dienone is 1. The molecule has 2 aliphatic heterocycles. The Labute approximate surface area is 257 Å². The molecule has 1 N–H and O–H groups in total. The summed E-state index contributed by atoms with van der Waals surface area (Å²) < 4.78 is 14.9. The van der Waals surface area contributed by atoms with Crippen molar-refractivity contribution >= 4 is 39.2 Å². The van der Waals surface area contributed by atoms with E-state index in [1.165, 1.54) is 0 Å². The van der Waals surface area contributed by atoms with Crippen molar-refractivity contribution in [1.82, 2.24) is 4.58 Å². The lowest BCUT2D eigenvalue weighted by molar-refractivity contribution is 0.0697. The van der Waals surface area contributed by atoms with E-state index < -0.39 is 11.6 Å². The molecule has 0 amide bonds. The summed E-state index contributed by atoms with van der Waals surface area (Å²) in [6.45, 7) is 19.2. The second-order valence-corrected chi connectivity index (χ2v) is 11.4. The van der Waals surface area contributed by atoms with Crippen LogP contribution in [0.3, 0.4) is 0 Å². The number of anilines is 1.